The maximum Gasteiger partial charge on any atom is 0.261 e. The number of methoxy groups -OCH3 is 2. The van der Waals surface area contributed by atoms with Gasteiger partial charge in [0, 0.05) is 31.1 Å². The molecule has 0 radical (unpaired) electrons. The van der Waals surface area contributed by atoms with Gasteiger partial charge in [0.15, 0.2) is 11.5 Å². The van der Waals surface area contributed by atoms with Crippen LogP contribution in [0.4, 0.5) is 5.82 Å². The molecule has 1 saturated heterocycles. The highest BCUT2D eigenvalue weighted by Crippen LogP contribution is 2.34. The first-order valence-electron chi connectivity index (χ1n) is 12.2. The van der Waals surface area contributed by atoms with Crippen molar-refractivity contribution < 1.29 is 30.9 Å². The van der Waals surface area contributed by atoms with E-state index in [1.54, 1.807) is 20.5 Å². The van der Waals surface area contributed by atoms with Crippen LogP contribution < -0.4 is 24.8 Å². The molecule has 2 heterocycles. The average molecular weight is 562 g/mol. The first-order chi connectivity index (χ1) is 17.4. The molecule has 0 bridgehead atoms. The van der Waals surface area contributed by atoms with Gasteiger partial charge in [0.25, 0.3) is 10.1 Å². The zero-order valence-electron chi connectivity index (χ0n) is 21.7. The van der Waals surface area contributed by atoms with E-state index in [4.69, 9.17) is 19.2 Å². The summed E-state index contributed by atoms with van der Waals surface area (Å²) in [5, 5.41) is 9.20. The van der Waals surface area contributed by atoms with Gasteiger partial charge in [-0.25, -0.2) is 23.5 Å². The smallest absolute Gasteiger partial charge is 0.261 e. The van der Waals surface area contributed by atoms with E-state index in [1.165, 1.54) is 0 Å². The van der Waals surface area contributed by atoms with Crippen molar-refractivity contribution in [2.75, 3.05) is 51.6 Å². The van der Waals surface area contributed by atoms with Crippen molar-refractivity contribution in [2.45, 2.75) is 50.2 Å². The Labute approximate surface area is 219 Å². The van der Waals surface area contributed by atoms with Crippen LogP contribution in [0.25, 0.3) is 10.9 Å². The summed E-state index contributed by atoms with van der Waals surface area (Å²) in [5.41, 5.74) is 0.870. The minimum atomic E-state index is -3.67. The molecule has 0 spiro atoms. The van der Waals surface area contributed by atoms with Crippen LogP contribution in [0.1, 0.15) is 44.9 Å². The molecule has 0 unspecified atom stereocenters. The molecule has 1 aromatic carbocycles. The van der Waals surface area contributed by atoms with Crippen LogP contribution in [-0.4, -0.2) is 83.3 Å². The van der Waals surface area contributed by atoms with E-state index in [2.05, 4.69) is 20.2 Å². The monoisotopic (exact) mass is 561 g/mol. The predicted molar refractivity (Wildman–Crippen MR) is 144 cm³/mol. The summed E-state index contributed by atoms with van der Waals surface area (Å²) in [6, 6.07) is 3.86. The molecule has 4 rings (SSSR count). The van der Waals surface area contributed by atoms with E-state index >= 15 is 0 Å². The molecule has 4 N–H and O–H groups in total. The number of fused-ring (bicyclic) bond motifs is 1. The Bertz CT molecular complexity index is 1190. The second-order valence-electron chi connectivity index (χ2n) is 8.95. The number of aromatic nitrogens is 2. The molecule has 2 aromatic rings. The van der Waals surface area contributed by atoms with Crippen molar-refractivity contribution in [2.24, 2.45) is 5.14 Å². The Morgan fingerprint density at radius 2 is 1.54 bits per heavy atom. The van der Waals surface area contributed by atoms with E-state index in [0.717, 1.165) is 87.8 Å². The third kappa shape index (κ3) is 10.9. The van der Waals surface area contributed by atoms with Gasteiger partial charge in [-0.05, 0) is 31.9 Å². The number of rotatable bonds is 4. The maximum atomic E-state index is 10.9. The largest absolute Gasteiger partial charge is 0.493 e. The third-order valence-corrected chi connectivity index (χ3v) is 7.43. The molecular weight excluding hydrogens is 522 g/mol. The highest BCUT2D eigenvalue weighted by molar-refractivity contribution is 7.89. The lowest BCUT2D eigenvalue weighted by Gasteiger charge is -2.22. The number of anilines is 1. The van der Waals surface area contributed by atoms with Gasteiger partial charge in [0.05, 0.1) is 31.2 Å². The van der Waals surface area contributed by atoms with Crippen molar-refractivity contribution in [3.05, 3.63) is 18.5 Å². The van der Waals surface area contributed by atoms with Gasteiger partial charge >= 0.3 is 0 Å². The number of hydrogen-bond donors (Lipinski definition) is 3. The SMILES string of the molecule is COc1cc2ncnc(N3CCCNCC3)c2cc1OC.CS(=O)(=O)O.NS(=O)(=O)C1CCCCCC1. The number of hydrogen-bond acceptors (Lipinski definition) is 10. The summed E-state index contributed by atoms with van der Waals surface area (Å²) in [6.07, 6.45) is 9.31. The van der Waals surface area contributed by atoms with Crippen molar-refractivity contribution in [3.63, 3.8) is 0 Å². The third-order valence-electron chi connectivity index (χ3n) is 6.03. The van der Waals surface area contributed by atoms with E-state index in [1.807, 2.05) is 12.1 Å². The van der Waals surface area contributed by atoms with Gasteiger partial charge in [-0.3, -0.25) is 4.55 Å². The predicted octanol–water partition coefficient (Wildman–Crippen LogP) is 1.95. The van der Waals surface area contributed by atoms with Crippen LogP contribution in [0.2, 0.25) is 0 Å². The van der Waals surface area contributed by atoms with Crippen LogP contribution in [0.5, 0.6) is 11.5 Å². The normalized spacial score (nSPS) is 17.4. The maximum absolute atomic E-state index is 10.9. The number of nitrogens with zero attached hydrogens (tertiary/aromatic N) is 3. The molecule has 0 atom stereocenters. The molecule has 210 valence electrons. The second-order valence-corrected chi connectivity index (χ2v) is 12.3. The molecular formula is C23H39N5O7S2. The molecule has 1 aliphatic heterocycles. The van der Waals surface area contributed by atoms with E-state index in [-0.39, 0.29) is 5.25 Å². The van der Waals surface area contributed by atoms with Crippen molar-refractivity contribution in [1.29, 1.82) is 0 Å². The number of primary sulfonamides is 1. The van der Waals surface area contributed by atoms with Crippen LogP contribution in [0.15, 0.2) is 18.5 Å². The number of nitrogens with two attached hydrogens (primary N) is 1. The standard InChI is InChI=1S/C15H20N4O2.C7H15NO2S.CH4O3S/c1-20-13-8-11-12(9-14(13)21-2)17-10-18-15(11)19-6-3-4-16-5-7-19;8-11(9,10)7-5-3-1-2-4-6-7;1-5(2,3)4/h8-10,16H,3-7H2,1-2H3;7H,1-6H2,(H2,8,9,10);1H3,(H,2,3,4). The first kappa shape index (κ1) is 31.0. The highest BCUT2D eigenvalue weighted by Gasteiger charge is 2.22. The van der Waals surface area contributed by atoms with Gasteiger partial charge < -0.3 is 19.7 Å². The molecule has 1 saturated carbocycles. The molecule has 37 heavy (non-hydrogen) atoms. The lowest BCUT2D eigenvalue weighted by atomic mass is 10.2. The van der Waals surface area contributed by atoms with Gasteiger partial charge in [-0.15, -0.1) is 0 Å². The van der Waals surface area contributed by atoms with Gasteiger partial charge in [0.2, 0.25) is 10.0 Å². The van der Waals surface area contributed by atoms with E-state index in [0.29, 0.717) is 17.8 Å². The van der Waals surface area contributed by atoms with E-state index < -0.39 is 20.1 Å². The Morgan fingerprint density at radius 3 is 2.11 bits per heavy atom. The summed E-state index contributed by atoms with van der Waals surface area (Å²) >= 11 is 0. The van der Waals surface area contributed by atoms with Crippen LogP contribution in [0.3, 0.4) is 0 Å². The quantitative estimate of drug-likeness (QED) is 0.367. The number of sulfonamides is 1. The Balaban J connectivity index is 0.000000252. The van der Waals surface area contributed by atoms with Gasteiger partial charge in [-0.2, -0.15) is 8.42 Å². The molecule has 12 nitrogen and oxygen atoms in total. The summed E-state index contributed by atoms with van der Waals surface area (Å²) < 4.78 is 58.4. The second kappa shape index (κ2) is 14.6. The number of ether oxygens (including phenoxy) is 2. The fourth-order valence-corrected chi connectivity index (χ4v) is 5.24. The van der Waals surface area contributed by atoms with Crippen LogP contribution in [0, 0.1) is 0 Å². The van der Waals surface area contributed by atoms with Gasteiger partial charge in [0.1, 0.15) is 12.1 Å². The first-order valence-corrected chi connectivity index (χ1v) is 15.7. The minimum absolute atomic E-state index is 0.259. The topological polar surface area (TPSA) is 174 Å². The molecule has 14 heteroatoms. The van der Waals surface area contributed by atoms with Crippen molar-refractivity contribution in [3.8, 4) is 11.5 Å². The highest BCUT2D eigenvalue weighted by atomic mass is 32.2. The lowest BCUT2D eigenvalue weighted by molar-refractivity contribution is 0.356. The number of benzene rings is 1. The minimum Gasteiger partial charge on any atom is -0.493 e. The fraction of sp³-hybridized carbons (Fsp3) is 0.652. The zero-order chi connectivity index (χ0) is 27.5. The fourth-order valence-electron chi connectivity index (χ4n) is 4.25. The van der Waals surface area contributed by atoms with E-state index in [9.17, 15) is 16.8 Å². The van der Waals surface area contributed by atoms with Crippen LogP contribution in [-0.2, 0) is 20.1 Å². The Morgan fingerprint density at radius 1 is 0.946 bits per heavy atom. The molecule has 1 aromatic heterocycles. The molecule has 1 aliphatic carbocycles. The number of nitrogens with one attached hydrogen (secondary N) is 1. The van der Waals surface area contributed by atoms with Crippen molar-refractivity contribution >= 4 is 36.9 Å². The van der Waals surface area contributed by atoms with Crippen molar-refractivity contribution in [1.82, 2.24) is 15.3 Å². The summed E-state index contributed by atoms with van der Waals surface area (Å²) in [7, 11) is -3.64. The molecule has 0 amide bonds. The van der Waals surface area contributed by atoms with Gasteiger partial charge in [-0.1, -0.05) is 25.7 Å². The summed E-state index contributed by atoms with van der Waals surface area (Å²) in [4.78, 5) is 11.2. The average Bonchev–Trinajstić information content (AvgIpc) is 3.28. The summed E-state index contributed by atoms with van der Waals surface area (Å²) in [5.74, 6) is 2.35. The lowest BCUT2D eigenvalue weighted by Crippen LogP contribution is -2.28. The Kier molecular flexibility index (Phi) is 12.2. The molecule has 2 aliphatic rings. The zero-order valence-corrected chi connectivity index (χ0v) is 23.4. The molecule has 2 fully saturated rings. The summed E-state index contributed by atoms with van der Waals surface area (Å²) in [6.45, 7) is 3.96. The Hall–Kier alpha value is -2.26. The van der Waals surface area contributed by atoms with Crippen LogP contribution >= 0.6 is 0 Å².